The van der Waals surface area contributed by atoms with Crippen molar-refractivity contribution in [1.82, 2.24) is 9.55 Å². The second kappa shape index (κ2) is 5.63. The summed E-state index contributed by atoms with van der Waals surface area (Å²) in [6.45, 7) is 0.932. The number of aryl methyl sites for hydroxylation is 1. The first kappa shape index (κ1) is 13.2. The van der Waals surface area contributed by atoms with Gasteiger partial charge in [0, 0.05) is 32.0 Å². The molecule has 0 radical (unpaired) electrons. The van der Waals surface area contributed by atoms with Crippen LogP contribution in [-0.4, -0.2) is 29.1 Å². The summed E-state index contributed by atoms with van der Waals surface area (Å²) in [5.74, 6) is -0.255. The van der Waals surface area contributed by atoms with Crippen LogP contribution in [0.1, 0.15) is 5.82 Å². The molecule has 18 heavy (non-hydrogen) atoms. The van der Waals surface area contributed by atoms with Crippen LogP contribution in [0.4, 0.5) is 8.78 Å². The van der Waals surface area contributed by atoms with E-state index in [1.165, 1.54) is 6.07 Å². The molecule has 0 fully saturated rings. The third-order valence-corrected chi connectivity index (χ3v) is 2.88. The number of halogens is 3. The van der Waals surface area contributed by atoms with Crippen molar-refractivity contribution in [1.29, 1.82) is 0 Å². The summed E-state index contributed by atoms with van der Waals surface area (Å²) in [6, 6.07) is 2.11. The smallest absolute Gasteiger partial charge is 0.153 e. The van der Waals surface area contributed by atoms with Crippen LogP contribution in [-0.2, 0) is 17.7 Å². The fraction of sp³-hybridized carbons (Fsp3) is 0.417. The van der Waals surface area contributed by atoms with Crippen LogP contribution in [0.3, 0.4) is 0 Å². The lowest BCUT2D eigenvalue weighted by molar-refractivity contribution is 0.187. The third-order valence-electron chi connectivity index (χ3n) is 2.69. The molecule has 0 unspecified atom stereocenters. The molecule has 2 aromatic rings. The van der Waals surface area contributed by atoms with E-state index in [0.29, 0.717) is 36.8 Å². The van der Waals surface area contributed by atoms with Crippen LogP contribution in [0, 0.1) is 11.6 Å². The monoisotopic (exact) mass is 274 g/mol. The fourth-order valence-electron chi connectivity index (χ4n) is 1.90. The summed E-state index contributed by atoms with van der Waals surface area (Å²) in [5.41, 5.74) is 0.609. The van der Waals surface area contributed by atoms with Gasteiger partial charge in [0.1, 0.15) is 17.2 Å². The normalized spacial score (nSPS) is 11.3. The molecule has 0 aliphatic heterocycles. The largest absolute Gasteiger partial charge is 0.383 e. The summed E-state index contributed by atoms with van der Waals surface area (Å²) in [4.78, 5) is 4.18. The standard InChI is InChI=1S/C12H13ClF2N2O/c1-18-5-4-17-10-7-8(14)6-9(15)12(10)16-11(17)2-3-13/h6-7H,2-5H2,1H3. The van der Waals surface area contributed by atoms with Crippen LogP contribution in [0.5, 0.6) is 0 Å². The molecule has 1 heterocycles. The highest BCUT2D eigenvalue weighted by atomic mass is 35.5. The van der Waals surface area contributed by atoms with Gasteiger partial charge in [0.05, 0.1) is 12.1 Å². The van der Waals surface area contributed by atoms with Crippen LogP contribution in [0.15, 0.2) is 12.1 Å². The zero-order valence-electron chi connectivity index (χ0n) is 9.92. The molecule has 0 spiro atoms. The first-order chi connectivity index (χ1) is 8.67. The second-order valence-electron chi connectivity index (χ2n) is 3.87. The number of aromatic nitrogens is 2. The number of imidazole rings is 1. The highest BCUT2D eigenvalue weighted by molar-refractivity contribution is 6.17. The molecule has 0 bridgehead atoms. The molecule has 0 amide bonds. The molecular formula is C12H13ClF2N2O. The van der Waals surface area contributed by atoms with E-state index in [2.05, 4.69) is 4.98 Å². The van der Waals surface area contributed by atoms with Gasteiger partial charge < -0.3 is 9.30 Å². The van der Waals surface area contributed by atoms with Crippen molar-refractivity contribution in [2.75, 3.05) is 19.6 Å². The van der Waals surface area contributed by atoms with Gasteiger partial charge in [-0.2, -0.15) is 0 Å². The van der Waals surface area contributed by atoms with E-state index in [1.54, 1.807) is 11.7 Å². The second-order valence-corrected chi connectivity index (χ2v) is 4.24. The van der Waals surface area contributed by atoms with Gasteiger partial charge in [0.25, 0.3) is 0 Å². The average Bonchev–Trinajstić information content (AvgIpc) is 2.65. The molecule has 0 aliphatic rings. The Labute approximate surface area is 108 Å². The predicted octanol–water partition coefficient (Wildman–Crippen LogP) is 2.74. The van der Waals surface area contributed by atoms with Gasteiger partial charge in [-0.1, -0.05) is 0 Å². The summed E-state index contributed by atoms with van der Waals surface area (Å²) < 4.78 is 33.6. The van der Waals surface area contributed by atoms with E-state index < -0.39 is 11.6 Å². The van der Waals surface area contributed by atoms with E-state index >= 15 is 0 Å². The zero-order chi connectivity index (χ0) is 13.1. The van der Waals surface area contributed by atoms with Gasteiger partial charge in [-0.05, 0) is 6.07 Å². The highest BCUT2D eigenvalue weighted by Crippen LogP contribution is 2.21. The average molecular weight is 275 g/mol. The minimum atomic E-state index is -0.656. The van der Waals surface area contributed by atoms with Gasteiger partial charge >= 0.3 is 0 Å². The fourth-order valence-corrected chi connectivity index (χ4v) is 2.07. The molecule has 0 atom stereocenters. The number of rotatable bonds is 5. The van der Waals surface area contributed by atoms with Crippen molar-refractivity contribution in [2.24, 2.45) is 0 Å². The lowest BCUT2D eigenvalue weighted by Gasteiger charge is -2.07. The lowest BCUT2D eigenvalue weighted by atomic mass is 10.3. The Morgan fingerprint density at radius 3 is 2.83 bits per heavy atom. The summed E-state index contributed by atoms with van der Waals surface area (Å²) in [6.07, 6.45) is 0.501. The van der Waals surface area contributed by atoms with Crippen molar-refractivity contribution in [3.05, 3.63) is 29.6 Å². The van der Waals surface area contributed by atoms with Crippen LogP contribution < -0.4 is 0 Å². The topological polar surface area (TPSA) is 27.1 Å². The molecule has 0 aliphatic carbocycles. The van der Waals surface area contributed by atoms with Crippen LogP contribution >= 0.6 is 11.6 Å². The molecule has 0 N–H and O–H groups in total. The van der Waals surface area contributed by atoms with Crippen molar-refractivity contribution in [2.45, 2.75) is 13.0 Å². The Morgan fingerprint density at radius 1 is 1.39 bits per heavy atom. The number of hydrogen-bond donors (Lipinski definition) is 0. The molecule has 1 aromatic carbocycles. The van der Waals surface area contributed by atoms with Crippen molar-refractivity contribution < 1.29 is 13.5 Å². The van der Waals surface area contributed by atoms with Crippen LogP contribution in [0.25, 0.3) is 11.0 Å². The Hall–Kier alpha value is -1.20. The number of hydrogen-bond acceptors (Lipinski definition) is 2. The third kappa shape index (κ3) is 2.47. The maximum absolute atomic E-state index is 13.6. The Bertz CT molecular complexity index is 556. The number of alkyl halides is 1. The molecule has 1 aromatic heterocycles. The van der Waals surface area contributed by atoms with Crippen molar-refractivity contribution in [3.8, 4) is 0 Å². The van der Waals surface area contributed by atoms with E-state index in [9.17, 15) is 8.78 Å². The number of fused-ring (bicyclic) bond motifs is 1. The van der Waals surface area contributed by atoms with Gasteiger partial charge in [-0.15, -0.1) is 11.6 Å². The predicted molar refractivity (Wildman–Crippen MR) is 65.9 cm³/mol. The molecular weight excluding hydrogens is 262 g/mol. The SMILES string of the molecule is COCCn1c(CCCl)nc2c(F)cc(F)cc21. The van der Waals surface area contributed by atoms with E-state index in [1.807, 2.05) is 0 Å². The van der Waals surface area contributed by atoms with E-state index in [4.69, 9.17) is 16.3 Å². The number of benzene rings is 1. The van der Waals surface area contributed by atoms with Gasteiger partial charge in [0.15, 0.2) is 5.82 Å². The Balaban J connectivity index is 2.57. The molecule has 0 saturated carbocycles. The molecule has 3 nitrogen and oxygen atoms in total. The van der Waals surface area contributed by atoms with E-state index in [-0.39, 0.29) is 5.52 Å². The molecule has 6 heteroatoms. The highest BCUT2D eigenvalue weighted by Gasteiger charge is 2.14. The van der Waals surface area contributed by atoms with Gasteiger partial charge in [-0.25, -0.2) is 13.8 Å². The van der Waals surface area contributed by atoms with Gasteiger partial charge in [0.2, 0.25) is 0 Å². The molecule has 0 saturated heterocycles. The van der Waals surface area contributed by atoms with Crippen molar-refractivity contribution in [3.63, 3.8) is 0 Å². The Morgan fingerprint density at radius 2 is 2.17 bits per heavy atom. The summed E-state index contributed by atoms with van der Waals surface area (Å²) in [5, 5.41) is 0. The minimum absolute atomic E-state index is 0.174. The maximum Gasteiger partial charge on any atom is 0.153 e. The number of ether oxygens (including phenoxy) is 1. The van der Waals surface area contributed by atoms with Crippen LogP contribution in [0.2, 0.25) is 0 Å². The maximum atomic E-state index is 13.6. The first-order valence-electron chi connectivity index (χ1n) is 5.56. The number of nitrogens with zero attached hydrogens (tertiary/aromatic N) is 2. The number of methoxy groups -OCH3 is 1. The first-order valence-corrected chi connectivity index (χ1v) is 6.10. The Kier molecular flexibility index (Phi) is 4.14. The lowest BCUT2D eigenvalue weighted by Crippen LogP contribution is -2.09. The molecule has 2 rings (SSSR count). The quantitative estimate of drug-likeness (QED) is 0.784. The molecule has 98 valence electrons. The summed E-state index contributed by atoms with van der Waals surface area (Å²) in [7, 11) is 1.57. The zero-order valence-corrected chi connectivity index (χ0v) is 10.7. The van der Waals surface area contributed by atoms with Crippen molar-refractivity contribution >= 4 is 22.6 Å². The van der Waals surface area contributed by atoms with E-state index in [0.717, 1.165) is 6.07 Å². The minimum Gasteiger partial charge on any atom is -0.383 e. The van der Waals surface area contributed by atoms with Gasteiger partial charge in [-0.3, -0.25) is 0 Å². The summed E-state index contributed by atoms with van der Waals surface area (Å²) >= 11 is 5.69.